The zero-order valence-electron chi connectivity index (χ0n) is 20.3. The van der Waals surface area contributed by atoms with E-state index in [-0.39, 0.29) is 29.6 Å². The van der Waals surface area contributed by atoms with Gasteiger partial charge in [-0.3, -0.25) is 4.79 Å². The summed E-state index contributed by atoms with van der Waals surface area (Å²) in [6.07, 6.45) is 13.1. The molecule has 1 aromatic heterocycles. The maximum atomic E-state index is 14.8. The lowest BCUT2D eigenvalue weighted by Crippen LogP contribution is -2.19. The summed E-state index contributed by atoms with van der Waals surface area (Å²) in [6, 6.07) is 4.86. The SMILES string of the molecule is CCCC1=CC(=Nc2nnc(C(=O)Nc3ccc(C4CCC(C5OC5O)CC4)cc3F)o2)C=CCC1. The molecule has 2 heterocycles. The minimum absolute atomic E-state index is 0.0238. The highest BCUT2D eigenvalue weighted by molar-refractivity contribution is 6.05. The summed E-state index contributed by atoms with van der Waals surface area (Å²) >= 11 is 0. The normalized spacial score (nSPS) is 27.0. The van der Waals surface area contributed by atoms with E-state index < -0.39 is 18.0 Å². The first kappa shape index (κ1) is 24.5. The molecule has 0 bridgehead atoms. The van der Waals surface area contributed by atoms with Crippen molar-refractivity contribution in [2.75, 3.05) is 5.32 Å². The van der Waals surface area contributed by atoms with Crippen molar-refractivity contribution in [2.24, 2.45) is 10.9 Å². The maximum Gasteiger partial charge on any atom is 0.343 e. The average molecular weight is 495 g/mol. The van der Waals surface area contributed by atoms with Crippen molar-refractivity contribution >= 4 is 23.3 Å². The van der Waals surface area contributed by atoms with Crippen LogP contribution in [0.5, 0.6) is 0 Å². The number of benzene rings is 1. The Morgan fingerprint density at radius 2 is 2.06 bits per heavy atom. The number of nitrogens with one attached hydrogen (secondary N) is 1. The van der Waals surface area contributed by atoms with Gasteiger partial charge in [0.25, 0.3) is 0 Å². The number of rotatable bonds is 7. The molecule has 190 valence electrons. The van der Waals surface area contributed by atoms with Crippen molar-refractivity contribution in [2.45, 2.75) is 76.6 Å². The summed E-state index contributed by atoms with van der Waals surface area (Å²) in [7, 11) is 0. The molecule has 1 aliphatic heterocycles. The minimum Gasteiger partial charge on any atom is -0.397 e. The van der Waals surface area contributed by atoms with Gasteiger partial charge >= 0.3 is 17.8 Å². The summed E-state index contributed by atoms with van der Waals surface area (Å²) in [5.74, 6) is -0.865. The lowest BCUT2D eigenvalue weighted by molar-refractivity contribution is 0.0990. The van der Waals surface area contributed by atoms with Crippen LogP contribution in [0.15, 0.2) is 51.4 Å². The Kier molecular flexibility index (Phi) is 7.38. The van der Waals surface area contributed by atoms with Gasteiger partial charge in [-0.2, -0.15) is 4.99 Å². The molecule has 9 heteroatoms. The predicted octanol–water partition coefficient (Wildman–Crippen LogP) is 5.60. The molecule has 1 saturated carbocycles. The summed E-state index contributed by atoms with van der Waals surface area (Å²) in [4.78, 5) is 17.0. The van der Waals surface area contributed by atoms with E-state index >= 15 is 0 Å². The number of carbonyl (C=O) groups excluding carboxylic acids is 1. The van der Waals surface area contributed by atoms with Crippen molar-refractivity contribution in [1.82, 2.24) is 10.2 Å². The fourth-order valence-corrected chi connectivity index (χ4v) is 5.16. The molecule has 0 radical (unpaired) electrons. The Hall–Kier alpha value is -3.17. The second-order valence-corrected chi connectivity index (χ2v) is 9.72. The van der Waals surface area contributed by atoms with Gasteiger partial charge < -0.3 is 19.6 Å². The van der Waals surface area contributed by atoms with Crippen molar-refractivity contribution in [3.8, 4) is 0 Å². The summed E-state index contributed by atoms with van der Waals surface area (Å²) in [5, 5.41) is 19.6. The number of aliphatic hydroxyl groups excluding tert-OH is 1. The number of allylic oxidation sites excluding steroid dienone is 4. The fourth-order valence-electron chi connectivity index (χ4n) is 5.16. The molecule has 2 aromatic rings. The zero-order valence-corrected chi connectivity index (χ0v) is 20.3. The van der Waals surface area contributed by atoms with Gasteiger partial charge in [0.05, 0.1) is 11.4 Å². The van der Waals surface area contributed by atoms with Crippen molar-refractivity contribution in [3.63, 3.8) is 0 Å². The van der Waals surface area contributed by atoms with Crippen LogP contribution in [0.1, 0.15) is 80.5 Å². The average Bonchev–Trinajstić information content (AvgIpc) is 3.50. The highest BCUT2D eigenvalue weighted by Gasteiger charge is 2.44. The molecular formula is C27H31FN4O4. The van der Waals surface area contributed by atoms with Gasteiger partial charge in [0, 0.05) is 0 Å². The second kappa shape index (κ2) is 10.8. The summed E-state index contributed by atoms with van der Waals surface area (Å²) < 4.78 is 25.4. The van der Waals surface area contributed by atoms with Crippen LogP contribution in [0.2, 0.25) is 0 Å². The van der Waals surface area contributed by atoms with Crippen LogP contribution in [0.25, 0.3) is 0 Å². The van der Waals surface area contributed by atoms with E-state index in [9.17, 15) is 14.3 Å². The number of carbonyl (C=O) groups is 1. The summed E-state index contributed by atoms with van der Waals surface area (Å²) in [5.41, 5.74) is 2.96. The Bertz CT molecular complexity index is 1200. The smallest absolute Gasteiger partial charge is 0.343 e. The van der Waals surface area contributed by atoms with E-state index in [4.69, 9.17) is 9.15 Å². The highest BCUT2D eigenvalue weighted by atomic mass is 19.1. The van der Waals surface area contributed by atoms with Crippen LogP contribution in [0, 0.1) is 11.7 Å². The van der Waals surface area contributed by atoms with Crippen LogP contribution in [-0.4, -0.2) is 39.3 Å². The molecule has 8 nitrogen and oxygen atoms in total. The van der Waals surface area contributed by atoms with E-state index in [0.29, 0.717) is 11.6 Å². The molecule has 5 rings (SSSR count). The summed E-state index contributed by atoms with van der Waals surface area (Å²) in [6.45, 7) is 2.14. The van der Waals surface area contributed by atoms with Crippen LogP contribution in [0.4, 0.5) is 16.1 Å². The molecular weight excluding hydrogens is 463 g/mol. The predicted molar refractivity (Wildman–Crippen MR) is 133 cm³/mol. The van der Waals surface area contributed by atoms with Crippen molar-refractivity contribution in [3.05, 3.63) is 59.3 Å². The number of halogens is 1. The number of epoxide rings is 1. The monoisotopic (exact) mass is 494 g/mol. The lowest BCUT2D eigenvalue weighted by Gasteiger charge is -2.28. The van der Waals surface area contributed by atoms with Crippen LogP contribution in [-0.2, 0) is 4.74 Å². The van der Waals surface area contributed by atoms with Gasteiger partial charge in [0.1, 0.15) is 11.9 Å². The first-order chi connectivity index (χ1) is 17.5. The molecule has 2 atom stereocenters. The third-order valence-corrected chi connectivity index (χ3v) is 7.13. The second-order valence-electron chi connectivity index (χ2n) is 9.72. The number of aliphatic imine (C=N–C) groups is 1. The van der Waals surface area contributed by atoms with Crippen LogP contribution >= 0.6 is 0 Å². The molecule has 2 N–H and O–H groups in total. The van der Waals surface area contributed by atoms with Crippen molar-refractivity contribution < 1.29 is 23.4 Å². The van der Waals surface area contributed by atoms with Gasteiger partial charge in [-0.15, -0.1) is 5.10 Å². The van der Waals surface area contributed by atoms with Crippen LogP contribution in [0.3, 0.4) is 0 Å². The van der Waals surface area contributed by atoms with E-state index in [0.717, 1.165) is 56.9 Å². The molecule has 1 saturated heterocycles. The molecule has 1 amide bonds. The van der Waals surface area contributed by atoms with Gasteiger partial charge in [0.2, 0.25) is 0 Å². The molecule has 3 aliphatic rings. The number of nitrogens with zero attached hydrogens (tertiary/aromatic N) is 3. The molecule has 1 aromatic carbocycles. The van der Waals surface area contributed by atoms with E-state index in [1.807, 2.05) is 24.3 Å². The molecule has 2 unspecified atom stereocenters. The molecule has 2 aliphatic carbocycles. The standard InChI is InChI=1S/C27H31FN4O4/c1-2-5-16-6-3-4-7-20(14-16)29-27-32-31-25(36-27)24(33)30-22-13-12-19(15-21(22)28)17-8-10-18(11-9-17)23-26(34)35-23/h4,7,12-15,17-18,23,26,34H,2-3,5-6,8-11H2,1H3,(H,30,33). The first-order valence-electron chi connectivity index (χ1n) is 12.7. The largest absolute Gasteiger partial charge is 0.397 e. The van der Waals surface area contributed by atoms with Crippen molar-refractivity contribution in [1.29, 1.82) is 0 Å². The molecule has 0 spiro atoms. The van der Waals surface area contributed by atoms with Gasteiger partial charge in [-0.25, -0.2) is 4.39 Å². The third-order valence-electron chi connectivity index (χ3n) is 7.13. The molecule has 2 fully saturated rings. The number of hydrogen-bond acceptors (Lipinski definition) is 7. The lowest BCUT2D eigenvalue weighted by atomic mass is 9.77. The minimum atomic E-state index is -0.692. The van der Waals surface area contributed by atoms with E-state index in [1.54, 1.807) is 6.07 Å². The quantitative estimate of drug-likeness (QED) is 0.485. The van der Waals surface area contributed by atoms with Crippen LogP contribution < -0.4 is 5.32 Å². The maximum absolute atomic E-state index is 14.8. The first-order valence-corrected chi connectivity index (χ1v) is 12.7. The number of amides is 1. The fraction of sp³-hybridized carbons (Fsp3) is 0.481. The van der Waals surface area contributed by atoms with E-state index in [2.05, 4.69) is 27.4 Å². The highest BCUT2D eigenvalue weighted by Crippen LogP contribution is 2.42. The Morgan fingerprint density at radius 1 is 1.25 bits per heavy atom. The number of aliphatic hydroxyl groups is 1. The topological polar surface area (TPSA) is 113 Å². The number of anilines is 1. The number of aromatic nitrogens is 2. The molecule has 36 heavy (non-hydrogen) atoms. The third kappa shape index (κ3) is 5.79. The Balaban J connectivity index is 1.21. The van der Waals surface area contributed by atoms with Gasteiger partial charge in [-0.05, 0) is 86.6 Å². The Morgan fingerprint density at radius 3 is 2.78 bits per heavy atom. The number of hydrogen-bond donors (Lipinski definition) is 2. The van der Waals surface area contributed by atoms with E-state index in [1.165, 1.54) is 11.6 Å². The van der Waals surface area contributed by atoms with Gasteiger partial charge in [0.15, 0.2) is 6.29 Å². The number of ether oxygens (including phenoxy) is 1. The Labute approximate surface area is 209 Å². The van der Waals surface area contributed by atoms with Gasteiger partial charge in [-0.1, -0.05) is 36.2 Å². The zero-order chi connectivity index (χ0) is 25.1.